The average molecular weight is 592 g/mol. The Balaban J connectivity index is 0.00000150. The third-order valence-electron chi connectivity index (χ3n) is 5.81. The van der Waals surface area contributed by atoms with E-state index in [1.165, 1.54) is 22.3 Å². The Hall–Kier alpha value is -0.630. The molecule has 0 nitrogen and oxygen atoms in total. The van der Waals surface area contributed by atoms with Crippen molar-refractivity contribution < 1.29 is 47.7 Å². The van der Waals surface area contributed by atoms with Gasteiger partial charge in [0, 0.05) is 0 Å². The molecule has 0 spiro atoms. The maximum Gasteiger partial charge on any atom is -1.00 e. The van der Waals surface area contributed by atoms with Gasteiger partial charge in [-0.15, -0.1) is 0 Å². The van der Waals surface area contributed by atoms with Crippen molar-refractivity contribution in [2.45, 2.75) is 62.5 Å². The molecule has 2 aromatic carbocycles. The summed E-state index contributed by atoms with van der Waals surface area (Å²) >= 11 is -0.993. The summed E-state index contributed by atoms with van der Waals surface area (Å²) in [6.45, 7) is 14.1. The summed E-state index contributed by atoms with van der Waals surface area (Å²) < 4.78 is 2.50. The van der Waals surface area contributed by atoms with Crippen LogP contribution in [-0.4, -0.2) is 0 Å². The molecule has 4 rings (SSSR count). The summed E-state index contributed by atoms with van der Waals surface area (Å²) in [7, 11) is 0. The minimum Gasteiger partial charge on any atom is -1.00 e. The molecule has 2 aliphatic rings. The second-order valence-electron chi connectivity index (χ2n) is 10.0. The Labute approximate surface area is 200 Å². The summed E-state index contributed by atoms with van der Waals surface area (Å²) in [6, 6.07) is 12.0. The van der Waals surface area contributed by atoms with Crippen LogP contribution in [0.1, 0.15) is 63.8 Å². The molecule has 0 radical (unpaired) electrons. The summed E-state index contributed by atoms with van der Waals surface area (Å²) in [5.41, 5.74) is 9.65. The van der Waals surface area contributed by atoms with Crippen LogP contribution in [0.5, 0.6) is 0 Å². The Morgan fingerprint density at radius 2 is 1.41 bits per heavy atom. The van der Waals surface area contributed by atoms with E-state index in [2.05, 4.69) is 96.2 Å². The number of hydrogen-bond acceptors (Lipinski definition) is 0. The first-order valence-electron chi connectivity index (χ1n) is 10.1. The Bertz CT molecular complexity index is 944. The van der Waals surface area contributed by atoms with Gasteiger partial charge in [0.2, 0.25) is 0 Å². The van der Waals surface area contributed by atoms with E-state index in [1.54, 1.807) is 14.4 Å². The van der Waals surface area contributed by atoms with Crippen LogP contribution in [0.3, 0.4) is 0 Å². The van der Waals surface area contributed by atoms with E-state index in [0.29, 0.717) is 0 Å². The third-order valence-corrected chi connectivity index (χ3v) is 11.5. The van der Waals surface area contributed by atoms with Gasteiger partial charge in [0.1, 0.15) is 0 Å². The van der Waals surface area contributed by atoms with Gasteiger partial charge in [-0.25, -0.2) is 0 Å². The number of rotatable bonds is 2. The molecule has 2 aromatic rings. The number of benzene rings is 2. The first-order valence-corrected chi connectivity index (χ1v) is 13.9. The molecule has 0 bridgehead atoms. The molecule has 0 fully saturated rings. The summed E-state index contributed by atoms with van der Waals surface area (Å²) in [4.78, 5) is 0. The zero-order valence-electron chi connectivity index (χ0n) is 18.2. The van der Waals surface area contributed by atoms with Gasteiger partial charge >= 0.3 is 177 Å². The maximum atomic E-state index is 2.47. The topological polar surface area (TPSA) is 0 Å². The first-order chi connectivity index (χ1) is 12.6. The zero-order valence-corrected chi connectivity index (χ0v) is 23.3. The van der Waals surface area contributed by atoms with Gasteiger partial charge in [-0.3, -0.25) is 0 Å². The van der Waals surface area contributed by atoms with Gasteiger partial charge in [0.15, 0.2) is 0 Å². The molecule has 152 valence electrons. The van der Waals surface area contributed by atoms with E-state index < -0.39 is 22.9 Å². The summed E-state index contributed by atoms with van der Waals surface area (Å²) in [5, 5.41) is 0. The van der Waals surface area contributed by atoms with Gasteiger partial charge in [0.05, 0.1) is 0 Å². The van der Waals surface area contributed by atoms with Crippen LogP contribution in [-0.2, 0) is 40.2 Å². The second kappa shape index (κ2) is 8.85. The first kappa shape index (κ1) is 24.6. The van der Waals surface area contributed by atoms with Crippen molar-refractivity contribution in [3.8, 4) is 11.1 Å². The van der Waals surface area contributed by atoms with Crippen molar-refractivity contribution in [3.63, 3.8) is 0 Å². The maximum absolute atomic E-state index is 2.47. The van der Waals surface area contributed by atoms with Crippen LogP contribution in [0.25, 0.3) is 11.1 Å². The van der Waals surface area contributed by atoms with Gasteiger partial charge in [-0.2, -0.15) is 0 Å². The molecule has 0 unspecified atom stereocenters. The Kier molecular flexibility index (Phi) is 7.52. The van der Waals surface area contributed by atoms with Gasteiger partial charge in [0.25, 0.3) is 0 Å². The number of fused-ring (bicyclic) bond motifs is 3. The molecule has 0 atom stereocenters. The Morgan fingerprint density at radius 3 is 2.00 bits per heavy atom. The predicted molar refractivity (Wildman–Crippen MR) is 114 cm³/mol. The molecule has 0 saturated carbocycles. The largest absolute Gasteiger partial charge is 1.00 e. The van der Waals surface area contributed by atoms with Crippen LogP contribution >= 0.6 is 0 Å². The number of halogens is 2. The van der Waals surface area contributed by atoms with E-state index in [4.69, 9.17) is 0 Å². The van der Waals surface area contributed by atoms with Crippen LogP contribution in [0.2, 0.25) is 3.67 Å². The predicted octanol–water partition coefficient (Wildman–Crippen LogP) is 0.483. The van der Waals surface area contributed by atoms with Crippen molar-refractivity contribution in [3.05, 3.63) is 76.9 Å². The van der Waals surface area contributed by atoms with Crippen LogP contribution < -0.4 is 28.1 Å². The van der Waals surface area contributed by atoms with Crippen molar-refractivity contribution in [2.75, 3.05) is 0 Å². The van der Waals surface area contributed by atoms with Crippen LogP contribution in [0.4, 0.5) is 0 Å². The van der Waals surface area contributed by atoms with Gasteiger partial charge in [-0.1, -0.05) is 0 Å². The minimum absolute atomic E-state index is 0. The molecule has 0 amide bonds. The zero-order chi connectivity index (χ0) is 19.4. The van der Waals surface area contributed by atoms with Crippen LogP contribution in [0.15, 0.2) is 54.6 Å². The Morgan fingerprint density at radius 1 is 0.793 bits per heavy atom. The molecule has 0 heterocycles. The SMILES string of the molecule is CC(C)(C)c1ccc2c(c1)Cc1c-2ccc(C(C)(C)C)[c]1[Hf+2][CH]1C=CC=C1.[Cl-].[Cl-]. The van der Waals surface area contributed by atoms with E-state index in [1.807, 2.05) is 0 Å². The molecular formula is C26H30Cl2Hf. The van der Waals surface area contributed by atoms with Crippen molar-refractivity contribution in [2.24, 2.45) is 0 Å². The van der Waals surface area contributed by atoms with Crippen molar-refractivity contribution >= 4 is 3.32 Å². The molecule has 0 N–H and O–H groups in total. The fourth-order valence-electron chi connectivity index (χ4n) is 4.23. The van der Waals surface area contributed by atoms with E-state index in [9.17, 15) is 0 Å². The standard InChI is InChI=1S/C21H25.C5H5.2ClH.Hf/c1-20(2,3)16-7-9-18-14(12-16)11-15-13-17(21(4,5)6)8-10-19(15)18;1-2-4-5-3-1;;;/h7-10,12H,11H2,1-6H3;1-5H;2*1H;/q;;;;+2/p-2. The van der Waals surface area contributed by atoms with Gasteiger partial charge in [-0.05, 0) is 0 Å². The smallest absolute Gasteiger partial charge is 1.00 e. The number of hydrogen-bond donors (Lipinski definition) is 0. The quantitative estimate of drug-likeness (QED) is 0.381. The third kappa shape index (κ3) is 4.83. The fourth-order valence-corrected chi connectivity index (χ4v) is 10.5. The summed E-state index contributed by atoms with van der Waals surface area (Å²) in [6.07, 6.45) is 10.5. The average Bonchev–Trinajstić information content (AvgIpc) is 3.20. The monoisotopic (exact) mass is 592 g/mol. The van der Waals surface area contributed by atoms with Crippen molar-refractivity contribution in [1.82, 2.24) is 0 Å². The molecule has 0 saturated heterocycles. The minimum atomic E-state index is -0.993. The second-order valence-corrected chi connectivity index (χ2v) is 15.2. The molecule has 29 heavy (non-hydrogen) atoms. The van der Waals surface area contributed by atoms with E-state index in [0.717, 1.165) is 10.1 Å². The summed E-state index contributed by atoms with van der Waals surface area (Å²) in [5.74, 6) is 0. The number of allylic oxidation sites excluding steroid dienone is 4. The van der Waals surface area contributed by atoms with Crippen LogP contribution in [0, 0.1) is 0 Å². The molecular weight excluding hydrogens is 562 g/mol. The van der Waals surface area contributed by atoms with Crippen molar-refractivity contribution in [1.29, 1.82) is 0 Å². The normalized spacial score (nSPS) is 14.7. The molecule has 0 aromatic heterocycles. The van der Waals surface area contributed by atoms with Gasteiger partial charge < -0.3 is 24.8 Å². The fraction of sp³-hybridized carbons (Fsp3) is 0.385. The molecule has 2 aliphatic carbocycles. The molecule has 3 heteroatoms. The van der Waals surface area contributed by atoms with E-state index >= 15 is 0 Å². The molecule has 0 aliphatic heterocycles. The van der Waals surface area contributed by atoms with E-state index in [-0.39, 0.29) is 35.6 Å².